The van der Waals surface area contributed by atoms with Crippen LogP contribution in [0.2, 0.25) is 5.02 Å². The fourth-order valence-electron chi connectivity index (χ4n) is 4.69. The second-order valence-electron chi connectivity index (χ2n) is 12.7. The topological polar surface area (TPSA) is 162 Å². The number of sulfonamides is 1. The van der Waals surface area contributed by atoms with Crippen LogP contribution in [0.1, 0.15) is 61.2 Å². The number of alkyl halides is 2. The summed E-state index contributed by atoms with van der Waals surface area (Å²) in [7, 11) is -3.02. The van der Waals surface area contributed by atoms with Gasteiger partial charge < -0.3 is 28.9 Å². The van der Waals surface area contributed by atoms with E-state index in [9.17, 15) is 36.8 Å². The lowest BCUT2D eigenvalue weighted by atomic mass is 10.0. The van der Waals surface area contributed by atoms with E-state index in [4.69, 9.17) is 30.5 Å². The van der Waals surface area contributed by atoms with Crippen LogP contribution >= 0.6 is 23.4 Å². The largest absolute Gasteiger partial charge is 0.619 e. The SMILES string of the molecule is COc1ccc(C(=O)SCC(=O)O[C@@H](Cc2cc[n+]([O-])cc2Cl)c2ccc(OC(F)F)c(OCC3CC3)c2)cc1N(C(=O)OC(C)(C)C)S(C)(=O)=O. The first-order chi connectivity index (χ1) is 24.3. The van der Waals surface area contributed by atoms with Gasteiger partial charge in [-0.3, -0.25) is 9.59 Å². The van der Waals surface area contributed by atoms with Crippen LogP contribution in [0.5, 0.6) is 17.2 Å². The van der Waals surface area contributed by atoms with Gasteiger partial charge in [0.05, 0.1) is 25.7 Å². The molecule has 3 aromatic rings. The number of hydrogen-bond acceptors (Lipinski definition) is 12. The summed E-state index contributed by atoms with van der Waals surface area (Å²) in [5.74, 6) is -1.34. The molecule has 1 aliphatic rings. The summed E-state index contributed by atoms with van der Waals surface area (Å²) in [6.45, 7) is 1.81. The molecule has 0 unspecified atom stereocenters. The molecule has 282 valence electrons. The molecular weight excluding hydrogens is 750 g/mol. The van der Waals surface area contributed by atoms with E-state index in [1.807, 2.05) is 0 Å². The van der Waals surface area contributed by atoms with Crippen LogP contribution in [0.3, 0.4) is 0 Å². The molecule has 0 spiro atoms. The number of hydrogen-bond donors (Lipinski definition) is 0. The molecular formula is C34H37ClF2N2O11S2. The highest BCUT2D eigenvalue weighted by atomic mass is 35.5. The average molecular weight is 787 g/mol. The maximum absolute atomic E-state index is 13.3. The second-order valence-corrected chi connectivity index (χ2v) is 15.9. The first-order valence-corrected chi connectivity index (χ1v) is 18.9. The molecule has 1 atom stereocenters. The van der Waals surface area contributed by atoms with Crippen molar-refractivity contribution in [2.45, 2.75) is 58.4 Å². The lowest BCUT2D eigenvalue weighted by Gasteiger charge is -2.27. The van der Waals surface area contributed by atoms with E-state index in [1.165, 1.54) is 49.7 Å². The number of anilines is 1. The van der Waals surface area contributed by atoms with E-state index < -0.39 is 51.3 Å². The first-order valence-electron chi connectivity index (χ1n) is 15.7. The summed E-state index contributed by atoms with van der Waals surface area (Å²) in [5, 5.41) is 11.1. The van der Waals surface area contributed by atoms with E-state index in [1.54, 1.807) is 20.8 Å². The third-order valence-electron chi connectivity index (χ3n) is 7.22. The zero-order valence-corrected chi connectivity index (χ0v) is 31.2. The van der Waals surface area contributed by atoms with E-state index in [0.29, 0.717) is 31.9 Å². The van der Waals surface area contributed by atoms with Gasteiger partial charge in [-0.1, -0.05) is 29.4 Å². The number of methoxy groups -OCH3 is 1. The van der Waals surface area contributed by atoms with Crippen LogP contribution in [0.25, 0.3) is 0 Å². The Morgan fingerprint density at radius 2 is 1.77 bits per heavy atom. The number of pyridine rings is 1. The van der Waals surface area contributed by atoms with Gasteiger partial charge >= 0.3 is 18.7 Å². The number of benzene rings is 2. The van der Waals surface area contributed by atoms with Gasteiger partial charge in [0, 0.05) is 18.1 Å². The molecule has 1 heterocycles. The number of rotatable bonds is 15. The van der Waals surface area contributed by atoms with Gasteiger partial charge in [-0.15, -0.1) is 0 Å². The smallest absolute Gasteiger partial charge is 0.429 e. The Morgan fingerprint density at radius 1 is 1.08 bits per heavy atom. The molecule has 1 fully saturated rings. The highest BCUT2D eigenvalue weighted by Crippen LogP contribution is 2.38. The molecule has 52 heavy (non-hydrogen) atoms. The standard InChI is InChI=1S/C34H37ClF2N2O11S2/c1-34(2,3)50-33(42)39(52(5,44)45)25-14-23(9-10-26(25)46-4)31(41)51-19-30(40)48-28(15-21-12-13-38(43)17-24(21)35)22-8-11-27(49-32(36)37)29(16-22)47-18-20-6-7-20/h8-14,16-17,20,28,32H,6-7,15,18-19H2,1-5H3/t28-/m0/s1. The number of halogens is 3. The van der Waals surface area contributed by atoms with E-state index in [-0.39, 0.29) is 52.5 Å². The normalized spacial score (nSPS) is 13.6. The molecule has 4 rings (SSSR count). The molecule has 0 aliphatic heterocycles. The van der Waals surface area contributed by atoms with Crippen molar-refractivity contribution in [2.24, 2.45) is 5.92 Å². The summed E-state index contributed by atoms with van der Waals surface area (Å²) in [4.78, 5) is 39.5. The maximum atomic E-state index is 13.3. The minimum Gasteiger partial charge on any atom is -0.619 e. The Labute approximate surface area is 308 Å². The zero-order valence-electron chi connectivity index (χ0n) is 28.8. The molecule has 18 heteroatoms. The third-order valence-corrected chi connectivity index (χ3v) is 9.45. The van der Waals surface area contributed by atoms with Gasteiger partial charge in [-0.05, 0) is 81.0 Å². The van der Waals surface area contributed by atoms with E-state index in [2.05, 4.69) is 4.74 Å². The molecule has 1 saturated carbocycles. The van der Waals surface area contributed by atoms with E-state index >= 15 is 0 Å². The van der Waals surface area contributed by atoms with Crippen LogP contribution in [0, 0.1) is 11.1 Å². The Kier molecular flexibility index (Phi) is 13.2. The van der Waals surface area contributed by atoms with Crippen LogP contribution in [0.15, 0.2) is 54.9 Å². The number of carbonyl (C=O) groups is 3. The fraction of sp³-hybridized carbons (Fsp3) is 0.412. The summed E-state index contributed by atoms with van der Waals surface area (Å²) < 4.78 is 79.3. The Hall–Kier alpha value is -4.35. The number of nitrogens with zero attached hydrogens (tertiary/aromatic N) is 2. The molecule has 1 aliphatic carbocycles. The van der Waals surface area contributed by atoms with Gasteiger partial charge in [0.1, 0.15) is 28.2 Å². The Bertz CT molecular complexity index is 1900. The highest BCUT2D eigenvalue weighted by molar-refractivity contribution is 8.14. The number of carbonyl (C=O) groups excluding carboxylic acids is 3. The summed E-state index contributed by atoms with van der Waals surface area (Å²) in [5.41, 5.74) is -0.654. The maximum Gasteiger partial charge on any atom is 0.429 e. The Morgan fingerprint density at radius 3 is 2.37 bits per heavy atom. The first kappa shape index (κ1) is 40.4. The van der Waals surface area contributed by atoms with Gasteiger partial charge in [-0.2, -0.15) is 17.8 Å². The van der Waals surface area contributed by atoms with Crippen molar-refractivity contribution in [3.8, 4) is 17.2 Å². The van der Waals surface area contributed by atoms with Crippen molar-refractivity contribution in [3.05, 3.63) is 81.8 Å². The minimum absolute atomic E-state index is 0.0108. The van der Waals surface area contributed by atoms with Gasteiger partial charge in [0.15, 0.2) is 23.9 Å². The second kappa shape index (κ2) is 17.0. The average Bonchev–Trinajstić information content (AvgIpc) is 3.87. The molecule has 0 bridgehead atoms. The monoisotopic (exact) mass is 786 g/mol. The van der Waals surface area contributed by atoms with Gasteiger partial charge in [0.25, 0.3) is 0 Å². The molecule has 2 aromatic carbocycles. The van der Waals surface area contributed by atoms with Crippen molar-refractivity contribution in [1.82, 2.24) is 0 Å². The zero-order chi connectivity index (χ0) is 38.4. The summed E-state index contributed by atoms with van der Waals surface area (Å²) >= 11 is 6.83. The van der Waals surface area contributed by atoms with E-state index in [0.717, 1.165) is 31.4 Å². The third kappa shape index (κ3) is 11.6. The number of esters is 1. The van der Waals surface area contributed by atoms with Gasteiger partial charge in [0.2, 0.25) is 15.1 Å². The van der Waals surface area contributed by atoms with Crippen LogP contribution in [-0.4, -0.2) is 63.5 Å². The molecule has 1 aromatic heterocycles. The van der Waals surface area contributed by atoms with Crippen molar-refractivity contribution >= 4 is 56.3 Å². The van der Waals surface area contributed by atoms with Crippen molar-refractivity contribution in [3.63, 3.8) is 0 Å². The summed E-state index contributed by atoms with van der Waals surface area (Å²) in [6, 6.07) is 9.27. The molecule has 0 N–H and O–H groups in total. The molecule has 0 saturated heterocycles. The van der Waals surface area contributed by atoms with Crippen LogP contribution < -0.4 is 23.2 Å². The van der Waals surface area contributed by atoms with Gasteiger partial charge in [-0.25, -0.2) is 13.2 Å². The Balaban J connectivity index is 1.57. The predicted octanol–water partition coefficient (Wildman–Crippen LogP) is 6.47. The van der Waals surface area contributed by atoms with Crippen molar-refractivity contribution in [1.29, 1.82) is 0 Å². The van der Waals surface area contributed by atoms with Crippen LogP contribution in [-0.2, 0) is 30.7 Å². The minimum atomic E-state index is -4.27. The molecule has 0 radical (unpaired) electrons. The number of ether oxygens (including phenoxy) is 5. The van der Waals surface area contributed by atoms with Crippen molar-refractivity contribution < 1.29 is 60.0 Å². The van der Waals surface area contributed by atoms with Crippen molar-refractivity contribution in [2.75, 3.05) is 30.0 Å². The quantitative estimate of drug-likeness (QED) is 0.0939. The summed E-state index contributed by atoms with van der Waals surface area (Å²) in [6.07, 6.45) is 2.62. The molecule has 1 amide bonds. The van der Waals surface area contributed by atoms with Crippen LogP contribution in [0.4, 0.5) is 19.3 Å². The molecule has 13 nitrogen and oxygen atoms in total. The lowest BCUT2D eigenvalue weighted by molar-refractivity contribution is -0.605. The number of amides is 1. The number of thioether (sulfide) groups is 1. The highest BCUT2D eigenvalue weighted by Gasteiger charge is 2.33. The predicted molar refractivity (Wildman–Crippen MR) is 188 cm³/mol. The lowest BCUT2D eigenvalue weighted by Crippen LogP contribution is -2.40. The fourth-order valence-corrected chi connectivity index (χ4v) is 6.34. The number of aromatic nitrogens is 1.